The molecule has 0 radical (unpaired) electrons. The van der Waals surface area contributed by atoms with Gasteiger partial charge in [0.05, 0.1) is 4.88 Å². The zero-order chi connectivity index (χ0) is 16.2. The molecule has 0 amide bonds. The molecule has 1 aromatic heterocycles. The molecule has 0 bridgehead atoms. The van der Waals surface area contributed by atoms with E-state index in [1.165, 1.54) is 17.4 Å². The standard InChI is InChI=1S/C18H19FN2OS/c1-20-10-12-21(13-11-20)9-8-16(22)18-7-6-17(23-18)14-4-2-3-5-15(14)19/h2-9H,10-13H2,1H3. The summed E-state index contributed by atoms with van der Waals surface area (Å²) in [6, 6.07) is 10.2. The van der Waals surface area contributed by atoms with Crippen molar-refractivity contribution in [2.45, 2.75) is 0 Å². The summed E-state index contributed by atoms with van der Waals surface area (Å²) in [7, 11) is 2.10. The number of carbonyl (C=O) groups excluding carboxylic acids is 1. The summed E-state index contributed by atoms with van der Waals surface area (Å²) in [5.41, 5.74) is 0.541. The van der Waals surface area contributed by atoms with Crippen LogP contribution in [0.15, 0.2) is 48.7 Å². The van der Waals surface area contributed by atoms with E-state index in [2.05, 4.69) is 16.8 Å². The normalized spacial score (nSPS) is 16.2. The van der Waals surface area contributed by atoms with Crippen LogP contribution in [0.2, 0.25) is 0 Å². The fourth-order valence-electron chi connectivity index (χ4n) is 2.50. The van der Waals surface area contributed by atoms with Gasteiger partial charge in [0.2, 0.25) is 0 Å². The summed E-state index contributed by atoms with van der Waals surface area (Å²) in [5, 5.41) is 0. The molecule has 2 aromatic rings. The average Bonchev–Trinajstić information content (AvgIpc) is 3.04. The molecule has 3 nitrogen and oxygen atoms in total. The van der Waals surface area contributed by atoms with E-state index in [0.29, 0.717) is 10.4 Å². The number of allylic oxidation sites excluding steroid dienone is 1. The maximum Gasteiger partial charge on any atom is 0.197 e. The van der Waals surface area contributed by atoms with Gasteiger partial charge < -0.3 is 9.80 Å². The monoisotopic (exact) mass is 330 g/mol. The number of carbonyl (C=O) groups is 1. The molecular weight excluding hydrogens is 311 g/mol. The van der Waals surface area contributed by atoms with E-state index in [-0.39, 0.29) is 11.6 Å². The molecule has 5 heteroatoms. The Bertz CT molecular complexity index is 717. The van der Waals surface area contributed by atoms with Crippen LogP contribution in [0.5, 0.6) is 0 Å². The van der Waals surface area contributed by atoms with Gasteiger partial charge in [-0.1, -0.05) is 18.2 Å². The van der Waals surface area contributed by atoms with E-state index in [1.807, 2.05) is 6.20 Å². The Morgan fingerprint density at radius 2 is 1.87 bits per heavy atom. The van der Waals surface area contributed by atoms with E-state index in [0.717, 1.165) is 31.1 Å². The molecule has 0 spiro atoms. The lowest BCUT2D eigenvalue weighted by molar-refractivity contribution is 0.104. The number of likely N-dealkylation sites (N-methyl/N-ethyl adjacent to an activating group) is 1. The third-order valence-corrected chi connectivity index (χ3v) is 5.10. The van der Waals surface area contributed by atoms with Crippen molar-refractivity contribution in [2.24, 2.45) is 0 Å². The van der Waals surface area contributed by atoms with Gasteiger partial charge >= 0.3 is 0 Å². The van der Waals surface area contributed by atoms with Crippen LogP contribution >= 0.6 is 11.3 Å². The van der Waals surface area contributed by atoms with Gasteiger partial charge in [0.15, 0.2) is 5.78 Å². The number of benzene rings is 1. The summed E-state index contributed by atoms with van der Waals surface area (Å²) in [6.45, 7) is 3.89. The molecule has 2 heterocycles. The second kappa shape index (κ2) is 7.06. The van der Waals surface area contributed by atoms with Crippen molar-refractivity contribution in [3.8, 4) is 10.4 Å². The molecule has 1 aliphatic heterocycles. The van der Waals surface area contributed by atoms with Crippen LogP contribution in [0, 0.1) is 5.82 Å². The fraction of sp³-hybridized carbons (Fsp3) is 0.278. The highest BCUT2D eigenvalue weighted by molar-refractivity contribution is 7.17. The first-order valence-electron chi connectivity index (χ1n) is 7.63. The zero-order valence-electron chi connectivity index (χ0n) is 13.0. The maximum atomic E-state index is 13.8. The van der Waals surface area contributed by atoms with Gasteiger partial charge in [-0.05, 0) is 25.2 Å². The minimum absolute atomic E-state index is 0.0310. The molecule has 120 valence electrons. The van der Waals surface area contributed by atoms with Crippen LogP contribution in [-0.2, 0) is 0 Å². The van der Waals surface area contributed by atoms with Crippen LogP contribution in [0.3, 0.4) is 0 Å². The van der Waals surface area contributed by atoms with Crippen LogP contribution < -0.4 is 0 Å². The quantitative estimate of drug-likeness (QED) is 0.633. The zero-order valence-corrected chi connectivity index (χ0v) is 13.9. The van der Waals surface area contributed by atoms with E-state index in [9.17, 15) is 9.18 Å². The fourth-order valence-corrected chi connectivity index (χ4v) is 3.46. The third kappa shape index (κ3) is 3.86. The molecule has 1 saturated heterocycles. The smallest absolute Gasteiger partial charge is 0.197 e. The number of thiophene rings is 1. The molecule has 1 aromatic carbocycles. The Morgan fingerprint density at radius 1 is 1.13 bits per heavy atom. The third-order valence-electron chi connectivity index (χ3n) is 3.96. The predicted octanol–water partition coefficient (Wildman–Crippen LogP) is 3.50. The average molecular weight is 330 g/mol. The molecule has 0 atom stereocenters. The van der Waals surface area contributed by atoms with Gasteiger partial charge in [-0.15, -0.1) is 11.3 Å². The van der Waals surface area contributed by atoms with Crippen molar-refractivity contribution in [3.05, 3.63) is 59.4 Å². The maximum absolute atomic E-state index is 13.8. The van der Waals surface area contributed by atoms with E-state index in [4.69, 9.17) is 0 Å². The van der Waals surface area contributed by atoms with Crippen molar-refractivity contribution in [2.75, 3.05) is 33.2 Å². The Balaban J connectivity index is 1.68. The lowest BCUT2D eigenvalue weighted by atomic mass is 10.2. The van der Waals surface area contributed by atoms with Gasteiger partial charge in [0.25, 0.3) is 0 Å². The van der Waals surface area contributed by atoms with Crippen LogP contribution in [0.4, 0.5) is 4.39 Å². The van der Waals surface area contributed by atoms with E-state index < -0.39 is 0 Å². The molecule has 0 saturated carbocycles. The van der Waals surface area contributed by atoms with Crippen LogP contribution in [-0.4, -0.2) is 48.8 Å². The van der Waals surface area contributed by atoms with Crippen molar-refractivity contribution in [3.63, 3.8) is 0 Å². The van der Waals surface area contributed by atoms with Gasteiger partial charge in [-0.2, -0.15) is 0 Å². The highest BCUT2D eigenvalue weighted by Crippen LogP contribution is 2.30. The Hall–Kier alpha value is -1.98. The number of piperazine rings is 1. The van der Waals surface area contributed by atoms with Gasteiger partial charge in [0, 0.05) is 48.9 Å². The molecular formula is C18H19FN2OS. The van der Waals surface area contributed by atoms with Crippen molar-refractivity contribution >= 4 is 17.1 Å². The summed E-state index contributed by atoms with van der Waals surface area (Å²) in [4.78, 5) is 18.1. The summed E-state index contributed by atoms with van der Waals surface area (Å²) >= 11 is 1.33. The van der Waals surface area contributed by atoms with Crippen LogP contribution in [0.1, 0.15) is 9.67 Å². The Labute approximate surface area is 139 Å². The topological polar surface area (TPSA) is 23.6 Å². The number of rotatable bonds is 4. The number of hydrogen-bond acceptors (Lipinski definition) is 4. The van der Waals surface area contributed by atoms with E-state index >= 15 is 0 Å². The number of ketones is 1. The lowest BCUT2D eigenvalue weighted by Crippen LogP contribution is -2.41. The van der Waals surface area contributed by atoms with Crippen molar-refractivity contribution in [1.29, 1.82) is 0 Å². The first kappa shape index (κ1) is 15.9. The summed E-state index contributed by atoms with van der Waals surface area (Å²) in [5.74, 6) is -0.294. The lowest BCUT2D eigenvalue weighted by Gasteiger charge is -2.31. The molecule has 0 aliphatic carbocycles. The molecule has 3 rings (SSSR count). The minimum Gasteiger partial charge on any atom is -0.375 e. The van der Waals surface area contributed by atoms with Gasteiger partial charge in [-0.3, -0.25) is 4.79 Å². The predicted molar refractivity (Wildman–Crippen MR) is 92.3 cm³/mol. The molecule has 23 heavy (non-hydrogen) atoms. The molecule has 0 N–H and O–H groups in total. The van der Waals surface area contributed by atoms with Gasteiger partial charge in [0.1, 0.15) is 5.82 Å². The second-order valence-corrected chi connectivity index (χ2v) is 6.75. The van der Waals surface area contributed by atoms with Crippen molar-refractivity contribution < 1.29 is 9.18 Å². The molecule has 1 aliphatic rings. The minimum atomic E-state index is -0.263. The SMILES string of the molecule is CN1CCN(C=CC(=O)c2ccc(-c3ccccc3F)s2)CC1. The Morgan fingerprint density at radius 3 is 2.61 bits per heavy atom. The summed E-state index contributed by atoms with van der Waals surface area (Å²) < 4.78 is 13.8. The summed E-state index contributed by atoms with van der Waals surface area (Å²) in [6.07, 6.45) is 3.49. The van der Waals surface area contributed by atoms with E-state index in [1.54, 1.807) is 36.4 Å². The van der Waals surface area contributed by atoms with Crippen LogP contribution in [0.25, 0.3) is 10.4 Å². The van der Waals surface area contributed by atoms with Gasteiger partial charge in [-0.25, -0.2) is 4.39 Å². The number of nitrogens with zero attached hydrogens (tertiary/aromatic N) is 2. The van der Waals surface area contributed by atoms with Crippen molar-refractivity contribution in [1.82, 2.24) is 9.80 Å². The highest BCUT2D eigenvalue weighted by Gasteiger charge is 2.13. The number of halogens is 1. The molecule has 1 fully saturated rings. The first-order valence-corrected chi connectivity index (χ1v) is 8.45. The second-order valence-electron chi connectivity index (χ2n) is 5.66. The molecule has 0 unspecified atom stereocenters. The highest BCUT2D eigenvalue weighted by atomic mass is 32.1. The number of hydrogen-bond donors (Lipinski definition) is 0. The first-order chi connectivity index (χ1) is 11.1. The largest absolute Gasteiger partial charge is 0.375 e. The Kier molecular flexibility index (Phi) is 4.88.